The van der Waals surface area contributed by atoms with Gasteiger partial charge in [0.25, 0.3) is 11.8 Å². The van der Waals surface area contributed by atoms with Crippen LogP contribution in [0.4, 0.5) is 0 Å². The van der Waals surface area contributed by atoms with Crippen molar-refractivity contribution in [2.75, 3.05) is 26.2 Å². The number of likely N-dealkylation sites (N-methyl/N-ethyl adjacent to an activating group) is 1. The predicted molar refractivity (Wildman–Crippen MR) is 127 cm³/mol. The second kappa shape index (κ2) is 12.1. The molecule has 5 nitrogen and oxygen atoms in total. The van der Waals surface area contributed by atoms with Crippen LogP contribution in [0.3, 0.4) is 0 Å². The molecular weight excluding hydrogens is 386 g/mol. The molecule has 0 unspecified atom stereocenters. The first-order valence-corrected chi connectivity index (χ1v) is 11.2. The molecule has 0 aliphatic carbocycles. The minimum atomic E-state index is -0.297. The molecule has 5 heteroatoms. The second-order valence-corrected chi connectivity index (χ2v) is 8.16. The molecule has 31 heavy (non-hydrogen) atoms. The molecule has 2 aromatic carbocycles. The van der Waals surface area contributed by atoms with E-state index in [9.17, 15) is 9.59 Å². The summed E-state index contributed by atoms with van der Waals surface area (Å²) in [5, 5.41) is 5.76. The van der Waals surface area contributed by atoms with E-state index in [0.717, 1.165) is 30.8 Å². The van der Waals surface area contributed by atoms with Gasteiger partial charge in [-0.2, -0.15) is 0 Å². The Morgan fingerprint density at radius 1 is 0.968 bits per heavy atom. The lowest BCUT2D eigenvalue weighted by Gasteiger charge is -2.16. The third-order valence-electron chi connectivity index (χ3n) is 5.48. The monoisotopic (exact) mass is 422 g/mol. The average Bonchev–Trinajstić information content (AvgIpc) is 2.77. The van der Waals surface area contributed by atoms with E-state index in [-0.39, 0.29) is 17.5 Å². The maximum Gasteiger partial charge on any atom is 0.268 e. The van der Waals surface area contributed by atoms with E-state index in [1.54, 1.807) is 18.2 Å². The topological polar surface area (TPSA) is 62.6 Å². The number of carbonyl (C=O) groups excluding carboxylic acids is 2. The standard InChI is InChI=1S/C26H35N3O2/c1-6-29(7-2)17-16-27-26(31)24(18-21-10-14-22(15-11-21)19(3)4)28-25(30)23-12-8-20(5)9-13-23/h8-15,18-19H,6-7,16-17H2,1-5H3,(H,27,31)(H,28,30)/p+1/b24-18-. The molecule has 0 saturated heterocycles. The maximum absolute atomic E-state index is 12.9. The van der Waals surface area contributed by atoms with Crippen molar-refractivity contribution in [2.45, 2.75) is 40.5 Å². The Morgan fingerprint density at radius 3 is 2.13 bits per heavy atom. The SMILES string of the molecule is CC[NH+](CC)CCNC(=O)/C(=C/c1ccc(C(C)C)cc1)NC(=O)c1ccc(C)cc1. The number of nitrogens with one attached hydrogen (secondary N) is 3. The summed E-state index contributed by atoms with van der Waals surface area (Å²) in [5.41, 5.74) is 3.95. The van der Waals surface area contributed by atoms with Crippen LogP contribution in [-0.2, 0) is 4.79 Å². The van der Waals surface area contributed by atoms with Crippen LogP contribution in [0, 0.1) is 6.92 Å². The van der Waals surface area contributed by atoms with Crippen LogP contribution < -0.4 is 15.5 Å². The molecule has 0 aromatic heterocycles. The van der Waals surface area contributed by atoms with Crippen molar-refractivity contribution in [3.05, 3.63) is 76.5 Å². The summed E-state index contributed by atoms with van der Waals surface area (Å²) in [6, 6.07) is 15.4. The third-order valence-corrected chi connectivity index (χ3v) is 5.48. The van der Waals surface area contributed by atoms with Crippen LogP contribution in [0.5, 0.6) is 0 Å². The molecule has 2 rings (SSSR count). The van der Waals surface area contributed by atoms with E-state index in [1.807, 2.05) is 31.2 Å². The average molecular weight is 423 g/mol. The summed E-state index contributed by atoms with van der Waals surface area (Å²) in [5.74, 6) is -0.140. The van der Waals surface area contributed by atoms with Crippen molar-refractivity contribution in [2.24, 2.45) is 0 Å². The van der Waals surface area contributed by atoms with Gasteiger partial charge in [0.1, 0.15) is 5.70 Å². The lowest BCUT2D eigenvalue weighted by atomic mass is 10.0. The Morgan fingerprint density at radius 2 is 1.58 bits per heavy atom. The van der Waals surface area contributed by atoms with Gasteiger partial charge in [-0.15, -0.1) is 0 Å². The summed E-state index contributed by atoms with van der Waals surface area (Å²) in [7, 11) is 0. The number of aryl methyl sites for hydroxylation is 1. The summed E-state index contributed by atoms with van der Waals surface area (Å²) < 4.78 is 0. The molecule has 0 saturated carbocycles. The van der Waals surface area contributed by atoms with Gasteiger partial charge in [-0.25, -0.2) is 0 Å². The van der Waals surface area contributed by atoms with E-state index in [0.29, 0.717) is 18.0 Å². The highest BCUT2D eigenvalue weighted by atomic mass is 16.2. The van der Waals surface area contributed by atoms with Crippen LogP contribution in [0.1, 0.15) is 60.7 Å². The van der Waals surface area contributed by atoms with Crippen molar-refractivity contribution in [3.63, 3.8) is 0 Å². The maximum atomic E-state index is 12.9. The minimum Gasteiger partial charge on any atom is -0.345 e. The molecule has 0 spiro atoms. The first kappa shape index (κ1) is 24.4. The van der Waals surface area contributed by atoms with Gasteiger partial charge in [-0.05, 0) is 56.0 Å². The minimum absolute atomic E-state index is 0.248. The first-order valence-electron chi connectivity index (χ1n) is 11.2. The van der Waals surface area contributed by atoms with Crippen molar-refractivity contribution in [1.29, 1.82) is 0 Å². The predicted octanol–water partition coefficient (Wildman–Crippen LogP) is 2.93. The summed E-state index contributed by atoms with van der Waals surface area (Å²) >= 11 is 0. The van der Waals surface area contributed by atoms with Gasteiger partial charge < -0.3 is 15.5 Å². The van der Waals surface area contributed by atoms with E-state index in [1.165, 1.54) is 10.5 Å². The fourth-order valence-corrected chi connectivity index (χ4v) is 3.25. The van der Waals surface area contributed by atoms with Crippen LogP contribution in [0.2, 0.25) is 0 Å². The highest BCUT2D eigenvalue weighted by Gasteiger charge is 2.15. The lowest BCUT2D eigenvalue weighted by Crippen LogP contribution is -3.12. The van der Waals surface area contributed by atoms with Crippen molar-refractivity contribution in [3.8, 4) is 0 Å². The lowest BCUT2D eigenvalue weighted by molar-refractivity contribution is -0.895. The summed E-state index contributed by atoms with van der Waals surface area (Å²) in [6.07, 6.45) is 1.73. The molecule has 2 aromatic rings. The van der Waals surface area contributed by atoms with E-state index >= 15 is 0 Å². The number of quaternary nitrogens is 1. The molecule has 2 amide bonds. The van der Waals surface area contributed by atoms with Crippen LogP contribution >= 0.6 is 0 Å². The highest BCUT2D eigenvalue weighted by molar-refractivity contribution is 6.05. The zero-order chi connectivity index (χ0) is 22.8. The van der Waals surface area contributed by atoms with E-state index in [2.05, 4.69) is 50.5 Å². The zero-order valence-electron chi connectivity index (χ0n) is 19.4. The van der Waals surface area contributed by atoms with Crippen molar-refractivity contribution in [1.82, 2.24) is 10.6 Å². The molecule has 0 heterocycles. The Labute approximate surface area is 186 Å². The molecule has 166 valence electrons. The van der Waals surface area contributed by atoms with Gasteiger partial charge in [0, 0.05) is 5.56 Å². The van der Waals surface area contributed by atoms with Crippen LogP contribution in [-0.4, -0.2) is 38.0 Å². The van der Waals surface area contributed by atoms with Crippen LogP contribution in [0.25, 0.3) is 6.08 Å². The van der Waals surface area contributed by atoms with Gasteiger partial charge in [-0.1, -0.05) is 55.8 Å². The largest absolute Gasteiger partial charge is 0.345 e. The molecule has 0 aliphatic rings. The normalized spacial score (nSPS) is 11.6. The van der Waals surface area contributed by atoms with E-state index < -0.39 is 0 Å². The van der Waals surface area contributed by atoms with Gasteiger partial charge in [-0.3, -0.25) is 9.59 Å². The van der Waals surface area contributed by atoms with Crippen molar-refractivity contribution >= 4 is 17.9 Å². The van der Waals surface area contributed by atoms with E-state index in [4.69, 9.17) is 0 Å². The Balaban J connectivity index is 2.20. The van der Waals surface area contributed by atoms with Gasteiger partial charge in [0.15, 0.2) is 0 Å². The van der Waals surface area contributed by atoms with Crippen LogP contribution in [0.15, 0.2) is 54.2 Å². The Bertz CT molecular complexity index is 880. The third kappa shape index (κ3) is 7.68. The number of hydrogen-bond acceptors (Lipinski definition) is 2. The summed E-state index contributed by atoms with van der Waals surface area (Å²) in [4.78, 5) is 27.1. The molecule has 0 bridgehead atoms. The number of rotatable bonds is 10. The fourth-order valence-electron chi connectivity index (χ4n) is 3.25. The number of benzene rings is 2. The van der Waals surface area contributed by atoms with Gasteiger partial charge in [0.2, 0.25) is 0 Å². The molecule has 3 N–H and O–H groups in total. The number of hydrogen-bond donors (Lipinski definition) is 3. The number of amides is 2. The molecular formula is C26H36N3O2+. The zero-order valence-corrected chi connectivity index (χ0v) is 19.4. The fraction of sp³-hybridized carbons (Fsp3) is 0.385. The summed E-state index contributed by atoms with van der Waals surface area (Å²) in [6.45, 7) is 14.0. The molecule has 0 aliphatic heterocycles. The smallest absolute Gasteiger partial charge is 0.268 e. The molecule has 0 atom stereocenters. The first-order chi connectivity index (χ1) is 14.8. The van der Waals surface area contributed by atoms with Gasteiger partial charge >= 0.3 is 0 Å². The molecule has 0 fully saturated rings. The van der Waals surface area contributed by atoms with Crippen molar-refractivity contribution < 1.29 is 14.5 Å². The Hall–Kier alpha value is -2.92. The Kier molecular flexibility index (Phi) is 9.47. The van der Waals surface area contributed by atoms with Gasteiger partial charge in [0.05, 0.1) is 26.2 Å². The molecule has 0 radical (unpaired) electrons. The second-order valence-electron chi connectivity index (χ2n) is 8.16. The highest BCUT2D eigenvalue weighted by Crippen LogP contribution is 2.16. The number of carbonyl (C=O) groups is 2. The quantitative estimate of drug-likeness (QED) is 0.516.